The van der Waals surface area contributed by atoms with Crippen LogP contribution in [0, 0.1) is 5.82 Å². The van der Waals surface area contributed by atoms with Crippen molar-refractivity contribution < 1.29 is 27.1 Å². The van der Waals surface area contributed by atoms with Crippen molar-refractivity contribution >= 4 is 27.8 Å². The van der Waals surface area contributed by atoms with Crippen LogP contribution in [0.3, 0.4) is 0 Å². The molecule has 1 N–H and O–H groups in total. The molecule has 0 unspecified atom stereocenters. The molecule has 0 saturated heterocycles. The molecular weight excluding hydrogens is 487 g/mol. The number of methoxy groups -OCH3 is 1. The number of anilines is 1. The van der Waals surface area contributed by atoms with Gasteiger partial charge in [-0.3, -0.25) is 9.29 Å². The third-order valence-corrected chi connectivity index (χ3v) is 7.35. The van der Waals surface area contributed by atoms with Gasteiger partial charge < -0.3 is 14.4 Å². The summed E-state index contributed by atoms with van der Waals surface area (Å²) in [4.78, 5) is 18.9. The minimum atomic E-state index is -4.23. The number of esters is 1. The maximum Gasteiger partial charge on any atom is 0.343 e. The SMILES string of the molecule is CCN(CC)CC=Cc1cc(F)ccc1S(=O)(=O)Nc1ccc2c(c1C(=O)OC)OCc1nccn1-2. The molecule has 190 valence electrons. The van der Waals surface area contributed by atoms with E-state index in [0.29, 0.717) is 18.1 Å². The lowest BCUT2D eigenvalue weighted by molar-refractivity contribution is 0.0596. The second kappa shape index (κ2) is 10.5. The van der Waals surface area contributed by atoms with E-state index in [4.69, 9.17) is 9.47 Å². The molecule has 9 nitrogen and oxygen atoms in total. The Labute approximate surface area is 209 Å². The molecule has 0 fully saturated rings. The zero-order valence-electron chi connectivity index (χ0n) is 20.2. The van der Waals surface area contributed by atoms with E-state index in [-0.39, 0.29) is 34.1 Å². The van der Waals surface area contributed by atoms with Crippen LogP contribution in [0.25, 0.3) is 11.8 Å². The van der Waals surface area contributed by atoms with Crippen molar-refractivity contribution in [3.63, 3.8) is 0 Å². The Kier molecular flexibility index (Phi) is 7.41. The van der Waals surface area contributed by atoms with Gasteiger partial charge in [0.2, 0.25) is 0 Å². The number of hydrogen-bond donors (Lipinski definition) is 1. The third kappa shape index (κ3) is 4.98. The minimum Gasteiger partial charge on any atom is -0.482 e. The molecule has 1 aromatic heterocycles. The summed E-state index contributed by atoms with van der Waals surface area (Å²) in [6, 6.07) is 6.51. The summed E-state index contributed by atoms with van der Waals surface area (Å²) in [5.74, 6) is -0.526. The first-order valence-electron chi connectivity index (χ1n) is 11.4. The van der Waals surface area contributed by atoms with E-state index in [9.17, 15) is 17.6 Å². The quantitative estimate of drug-likeness (QED) is 0.433. The highest BCUT2D eigenvalue weighted by atomic mass is 32.2. The van der Waals surface area contributed by atoms with Crippen LogP contribution >= 0.6 is 0 Å². The van der Waals surface area contributed by atoms with Crippen LogP contribution in [0.5, 0.6) is 5.75 Å². The molecule has 0 bridgehead atoms. The van der Waals surface area contributed by atoms with E-state index in [2.05, 4.69) is 14.6 Å². The molecule has 11 heteroatoms. The number of nitrogens with zero attached hydrogens (tertiary/aromatic N) is 3. The molecule has 0 atom stereocenters. The number of halogens is 1. The Hall–Kier alpha value is -3.70. The van der Waals surface area contributed by atoms with E-state index in [1.165, 1.54) is 19.2 Å². The maximum atomic E-state index is 14.0. The average Bonchev–Trinajstić information content (AvgIpc) is 3.35. The molecule has 0 radical (unpaired) electrons. The van der Waals surface area contributed by atoms with Gasteiger partial charge in [-0.2, -0.15) is 0 Å². The fraction of sp³-hybridized carbons (Fsp3) is 0.280. The van der Waals surface area contributed by atoms with E-state index < -0.39 is 21.8 Å². The zero-order chi connectivity index (χ0) is 25.9. The lowest BCUT2D eigenvalue weighted by Crippen LogP contribution is -2.22. The smallest absolute Gasteiger partial charge is 0.343 e. The van der Waals surface area contributed by atoms with Crippen LogP contribution in [-0.2, 0) is 21.4 Å². The topological polar surface area (TPSA) is 103 Å². The first kappa shape index (κ1) is 25.4. The standard InChI is InChI=1S/C25H27FN4O5S/c1-4-29(5-2)13-6-7-17-15-18(26)8-11-21(17)36(32,33)28-19-9-10-20-24(23(19)25(31)34-3)35-16-22-27-12-14-30(20)22/h6-12,14-15,28H,4-5,13,16H2,1-3H3. The van der Waals surface area contributed by atoms with Crippen molar-refractivity contribution in [2.45, 2.75) is 25.3 Å². The van der Waals surface area contributed by atoms with Crippen molar-refractivity contribution in [2.24, 2.45) is 0 Å². The highest BCUT2D eigenvalue weighted by Gasteiger charge is 2.29. The molecule has 4 rings (SSSR count). The van der Waals surface area contributed by atoms with Crippen LogP contribution in [0.2, 0.25) is 0 Å². The fourth-order valence-corrected chi connectivity index (χ4v) is 5.25. The number of hydrogen-bond acceptors (Lipinski definition) is 7. The summed E-state index contributed by atoms with van der Waals surface area (Å²) in [7, 11) is -3.03. The molecular formula is C25H27FN4O5S. The van der Waals surface area contributed by atoms with Crippen molar-refractivity contribution in [1.29, 1.82) is 0 Å². The average molecular weight is 515 g/mol. The Morgan fingerprint density at radius 2 is 2.06 bits per heavy atom. The van der Waals surface area contributed by atoms with Gasteiger partial charge in [-0.15, -0.1) is 0 Å². The molecule has 2 heterocycles. The molecule has 2 aromatic carbocycles. The number of likely N-dealkylation sites (N-methyl/N-ethyl adjacent to an activating group) is 1. The molecule has 0 saturated carbocycles. The second-order valence-corrected chi connectivity index (χ2v) is 9.66. The summed E-state index contributed by atoms with van der Waals surface area (Å²) in [5.41, 5.74) is 0.621. The normalized spacial score (nSPS) is 12.8. The van der Waals surface area contributed by atoms with Crippen LogP contribution in [0.4, 0.5) is 10.1 Å². The number of carbonyl (C=O) groups excluding carboxylic acids is 1. The summed E-state index contributed by atoms with van der Waals surface area (Å²) in [6.07, 6.45) is 6.69. The largest absolute Gasteiger partial charge is 0.482 e. The number of rotatable bonds is 9. The lowest BCUT2D eigenvalue weighted by Gasteiger charge is -2.23. The van der Waals surface area contributed by atoms with Gasteiger partial charge in [-0.05, 0) is 49.0 Å². The Bertz CT molecular complexity index is 1410. The number of nitrogens with one attached hydrogen (secondary N) is 1. The van der Waals surface area contributed by atoms with Gasteiger partial charge in [0.15, 0.2) is 11.6 Å². The van der Waals surface area contributed by atoms with Crippen molar-refractivity contribution in [2.75, 3.05) is 31.5 Å². The number of benzene rings is 2. The molecule has 36 heavy (non-hydrogen) atoms. The number of fused-ring (bicyclic) bond motifs is 3. The van der Waals surface area contributed by atoms with Crippen LogP contribution in [0.1, 0.15) is 35.6 Å². The molecule has 0 aliphatic carbocycles. The predicted octanol–water partition coefficient (Wildman–Crippen LogP) is 3.85. The monoisotopic (exact) mass is 514 g/mol. The van der Waals surface area contributed by atoms with Crippen molar-refractivity contribution in [1.82, 2.24) is 14.5 Å². The summed E-state index contributed by atoms with van der Waals surface area (Å²) in [5, 5.41) is 0. The van der Waals surface area contributed by atoms with E-state index in [1.807, 2.05) is 13.8 Å². The Morgan fingerprint density at radius 3 is 2.78 bits per heavy atom. The number of aromatic nitrogens is 2. The van der Waals surface area contributed by atoms with Crippen LogP contribution in [0.15, 0.2) is 53.7 Å². The third-order valence-electron chi connectivity index (χ3n) is 5.91. The highest BCUT2D eigenvalue weighted by molar-refractivity contribution is 7.92. The zero-order valence-corrected chi connectivity index (χ0v) is 21.0. The maximum absolute atomic E-state index is 14.0. The minimum absolute atomic E-state index is 0.0217. The Balaban J connectivity index is 1.73. The van der Waals surface area contributed by atoms with Gasteiger partial charge >= 0.3 is 5.97 Å². The van der Waals surface area contributed by atoms with Gasteiger partial charge in [0.1, 0.15) is 18.0 Å². The van der Waals surface area contributed by atoms with Crippen molar-refractivity contribution in [3.05, 3.63) is 71.6 Å². The highest BCUT2D eigenvalue weighted by Crippen LogP contribution is 2.38. The van der Waals surface area contributed by atoms with Gasteiger partial charge in [-0.1, -0.05) is 26.0 Å². The van der Waals surface area contributed by atoms with E-state index in [0.717, 1.165) is 25.2 Å². The number of carbonyl (C=O) groups is 1. The molecule has 0 spiro atoms. The summed E-state index contributed by atoms with van der Waals surface area (Å²) in [6.45, 7) is 6.38. The fourth-order valence-electron chi connectivity index (χ4n) is 4.00. The lowest BCUT2D eigenvalue weighted by atomic mass is 10.1. The number of ether oxygens (including phenoxy) is 2. The van der Waals surface area contributed by atoms with Gasteiger partial charge in [0.05, 0.1) is 23.4 Å². The molecule has 3 aromatic rings. The van der Waals surface area contributed by atoms with Gasteiger partial charge in [-0.25, -0.2) is 22.6 Å². The van der Waals surface area contributed by atoms with Crippen molar-refractivity contribution in [3.8, 4) is 11.4 Å². The molecule has 1 aliphatic rings. The first-order chi connectivity index (χ1) is 17.3. The second-order valence-electron chi connectivity index (χ2n) is 8.01. The molecule has 0 amide bonds. The number of sulfonamides is 1. The first-order valence-corrected chi connectivity index (χ1v) is 12.9. The van der Waals surface area contributed by atoms with E-state index in [1.54, 1.807) is 35.2 Å². The van der Waals surface area contributed by atoms with Gasteiger partial charge in [0, 0.05) is 18.9 Å². The predicted molar refractivity (Wildman–Crippen MR) is 133 cm³/mol. The number of imidazole rings is 1. The summed E-state index contributed by atoms with van der Waals surface area (Å²) >= 11 is 0. The Morgan fingerprint density at radius 1 is 1.28 bits per heavy atom. The van der Waals surface area contributed by atoms with Gasteiger partial charge in [0.25, 0.3) is 10.0 Å². The van der Waals surface area contributed by atoms with Crippen LogP contribution < -0.4 is 9.46 Å². The van der Waals surface area contributed by atoms with E-state index >= 15 is 0 Å². The summed E-state index contributed by atoms with van der Waals surface area (Å²) < 4.78 is 55.8. The van der Waals surface area contributed by atoms with Crippen LogP contribution in [-0.4, -0.2) is 55.6 Å². The molecule has 1 aliphatic heterocycles.